The zero-order valence-electron chi connectivity index (χ0n) is 13.2. The lowest BCUT2D eigenvalue weighted by Crippen LogP contribution is -2.07. The molecule has 2 rings (SSSR count). The largest absolute Gasteiger partial charge is 0.493 e. The van der Waals surface area contributed by atoms with Gasteiger partial charge in [-0.3, -0.25) is 4.99 Å². The van der Waals surface area contributed by atoms with Gasteiger partial charge < -0.3 is 4.74 Å². The number of para-hydroxylation sites is 1. The van der Waals surface area contributed by atoms with Crippen LogP contribution in [0.4, 0.5) is 0 Å². The van der Waals surface area contributed by atoms with Gasteiger partial charge in [-0.05, 0) is 31.4 Å². The van der Waals surface area contributed by atoms with E-state index in [0.717, 1.165) is 42.9 Å². The lowest BCUT2D eigenvalue weighted by atomic mass is 10.0. The van der Waals surface area contributed by atoms with Gasteiger partial charge in [0.05, 0.1) is 12.3 Å². The van der Waals surface area contributed by atoms with E-state index in [1.54, 1.807) is 0 Å². The summed E-state index contributed by atoms with van der Waals surface area (Å²) in [5.74, 6) is 0.986. The molecule has 0 aromatic heterocycles. The minimum absolute atomic E-state index is 0.812. The molecule has 0 saturated carbocycles. The highest BCUT2D eigenvalue weighted by atomic mass is 16.5. The summed E-state index contributed by atoms with van der Waals surface area (Å²) in [6, 6.07) is 8.29. The van der Waals surface area contributed by atoms with Gasteiger partial charge in [0.25, 0.3) is 0 Å². The van der Waals surface area contributed by atoms with E-state index >= 15 is 0 Å². The molecule has 1 aliphatic heterocycles. The van der Waals surface area contributed by atoms with E-state index < -0.39 is 0 Å². The molecule has 0 aliphatic carbocycles. The number of nitrogens with zero attached hydrogens (tertiary/aromatic N) is 1. The Labute approximate surface area is 128 Å². The fourth-order valence-corrected chi connectivity index (χ4v) is 2.60. The monoisotopic (exact) mass is 285 g/mol. The summed E-state index contributed by atoms with van der Waals surface area (Å²) in [5.41, 5.74) is 2.31. The van der Waals surface area contributed by atoms with E-state index in [0.29, 0.717) is 0 Å². The lowest BCUT2D eigenvalue weighted by Gasteiger charge is -2.14. The van der Waals surface area contributed by atoms with Crippen LogP contribution in [0, 0.1) is 0 Å². The third-order valence-electron chi connectivity index (χ3n) is 3.84. The average Bonchev–Trinajstić information content (AvgIpc) is 2.55. The fraction of sp³-hybridized carbons (Fsp3) is 0.526. The molecule has 0 radical (unpaired) electrons. The minimum Gasteiger partial charge on any atom is -0.493 e. The highest BCUT2D eigenvalue weighted by Gasteiger charge is 2.10. The molecule has 2 nitrogen and oxygen atoms in total. The molecule has 0 atom stereocenters. The van der Waals surface area contributed by atoms with Crippen LogP contribution in [0.2, 0.25) is 0 Å². The van der Waals surface area contributed by atoms with Crippen LogP contribution in [0.3, 0.4) is 0 Å². The molecule has 1 heterocycles. The summed E-state index contributed by atoms with van der Waals surface area (Å²) < 4.78 is 5.99. The topological polar surface area (TPSA) is 21.6 Å². The highest BCUT2D eigenvalue weighted by Crippen LogP contribution is 2.23. The van der Waals surface area contributed by atoms with Crippen molar-refractivity contribution in [2.75, 3.05) is 6.61 Å². The maximum atomic E-state index is 5.99. The van der Waals surface area contributed by atoms with Gasteiger partial charge in [0, 0.05) is 11.8 Å². The molecule has 1 aliphatic rings. The van der Waals surface area contributed by atoms with Crippen molar-refractivity contribution >= 4 is 5.71 Å². The first kappa shape index (κ1) is 15.8. The van der Waals surface area contributed by atoms with Crippen LogP contribution >= 0.6 is 0 Å². The second-order valence-corrected chi connectivity index (χ2v) is 5.61. The zero-order valence-corrected chi connectivity index (χ0v) is 13.2. The van der Waals surface area contributed by atoms with Crippen LogP contribution in [-0.2, 0) is 0 Å². The van der Waals surface area contributed by atoms with Gasteiger partial charge in [-0.1, -0.05) is 57.2 Å². The summed E-state index contributed by atoms with van der Waals surface area (Å²) in [4.78, 5) is 4.49. The molecule has 2 heteroatoms. The maximum Gasteiger partial charge on any atom is 0.128 e. The first-order chi connectivity index (χ1) is 10.4. The van der Waals surface area contributed by atoms with Crippen molar-refractivity contribution in [1.82, 2.24) is 0 Å². The number of unbranched alkanes of at least 4 members (excludes halogenated alkanes) is 5. The Hall–Kier alpha value is -1.57. The van der Waals surface area contributed by atoms with Crippen LogP contribution in [0.15, 0.2) is 41.5 Å². The highest BCUT2D eigenvalue weighted by molar-refractivity contribution is 6.03. The van der Waals surface area contributed by atoms with Gasteiger partial charge >= 0.3 is 0 Å². The summed E-state index contributed by atoms with van der Waals surface area (Å²) in [7, 11) is 0. The third-order valence-corrected chi connectivity index (χ3v) is 3.84. The number of benzene rings is 1. The van der Waals surface area contributed by atoms with Gasteiger partial charge in [0.2, 0.25) is 0 Å². The maximum absolute atomic E-state index is 5.99. The molecular weight excluding hydrogens is 258 g/mol. The molecule has 0 bridgehead atoms. The van der Waals surface area contributed by atoms with Crippen LogP contribution in [0.1, 0.15) is 63.9 Å². The Bertz CT molecular complexity index is 476. The SMILES string of the molecule is CCCCCCCCOc1ccccc1C1=NC=CCC1. The van der Waals surface area contributed by atoms with Crippen molar-refractivity contribution in [3.8, 4) is 5.75 Å². The Morgan fingerprint density at radius 3 is 2.67 bits per heavy atom. The molecular formula is C19H27NO. The van der Waals surface area contributed by atoms with Crippen molar-refractivity contribution in [1.29, 1.82) is 0 Å². The molecule has 1 aromatic carbocycles. The minimum atomic E-state index is 0.812. The van der Waals surface area contributed by atoms with E-state index in [-0.39, 0.29) is 0 Å². The average molecular weight is 285 g/mol. The first-order valence-electron chi connectivity index (χ1n) is 8.35. The van der Waals surface area contributed by atoms with Gasteiger partial charge in [-0.2, -0.15) is 0 Å². The number of allylic oxidation sites excluding steroid dienone is 1. The van der Waals surface area contributed by atoms with Crippen LogP contribution in [-0.4, -0.2) is 12.3 Å². The smallest absolute Gasteiger partial charge is 0.128 e. The van der Waals surface area contributed by atoms with Gasteiger partial charge in [0.15, 0.2) is 0 Å². The molecule has 21 heavy (non-hydrogen) atoms. The van der Waals surface area contributed by atoms with Crippen LogP contribution < -0.4 is 4.74 Å². The van der Waals surface area contributed by atoms with Crippen LogP contribution in [0.5, 0.6) is 5.75 Å². The van der Waals surface area contributed by atoms with Crippen molar-refractivity contribution in [3.05, 3.63) is 42.1 Å². The predicted molar refractivity (Wildman–Crippen MR) is 90.2 cm³/mol. The molecule has 0 N–H and O–H groups in total. The van der Waals surface area contributed by atoms with Crippen molar-refractivity contribution in [3.63, 3.8) is 0 Å². The number of ether oxygens (including phenoxy) is 1. The summed E-state index contributed by atoms with van der Waals surface area (Å²) in [5, 5.41) is 0. The Morgan fingerprint density at radius 1 is 1.05 bits per heavy atom. The lowest BCUT2D eigenvalue weighted by molar-refractivity contribution is 0.304. The predicted octanol–water partition coefficient (Wildman–Crippen LogP) is 5.52. The van der Waals surface area contributed by atoms with Gasteiger partial charge in [0.1, 0.15) is 5.75 Å². The third kappa shape index (κ3) is 5.37. The number of hydrogen-bond acceptors (Lipinski definition) is 2. The van der Waals surface area contributed by atoms with Crippen LogP contribution in [0.25, 0.3) is 0 Å². The summed E-state index contributed by atoms with van der Waals surface area (Å²) in [6.07, 6.45) is 13.9. The fourth-order valence-electron chi connectivity index (χ4n) is 2.60. The second kappa shape index (κ2) is 9.38. The van der Waals surface area contributed by atoms with Crippen molar-refractivity contribution in [2.24, 2.45) is 4.99 Å². The van der Waals surface area contributed by atoms with Gasteiger partial charge in [-0.15, -0.1) is 0 Å². The quantitative estimate of drug-likeness (QED) is 0.547. The van der Waals surface area contributed by atoms with Crippen molar-refractivity contribution in [2.45, 2.75) is 58.3 Å². The molecule has 0 amide bonds. The summed E-state index contributed by atoms with van der Waals surface area (Å²) in [6.45, 7) is 3.06. The van der Waals surface area contributed by atoms with E-state index in [4.69, 9.17) is 4.74 Å². The first-order valence-corrected chi connectivity index (χ1v) is 8.35. The molecule has 0 spiro atoms. The van der Waals surface area contributed by atoms with Crippen molar-refractivity contribution < 1.29 is 4.74 Å². The van der Waals surface area contributed by atoms with E-state index in [1.165, 1.54) is 32.1 Å². The Balaban J connectivity index is 1.80. The number of aliphatic imine (C=N–C) groups is 1. The molecule has 0 saturated heterocycles. The molecule has 114 valence electrons. The summed E-state index contributed by atoms with van der Waals surface area (Å²) >= 11 is 0. The Kier molecular flexibility index (Phi) is 7.06. The Morgan fingerprint density at radius 2 is 1.86 bits per heavy atom. The number of rotatable bonds is 9. The molecule has 0 fully saturated rings. The second-order valence-electron chi connectivity index (χ2n) is 5.61. The zero-order chi connectivity index (χ0) is 14.8. The molecule has 1 aromatic rings. The normalized spacial score (nSPS) is 14.0. The standard InChI is InChI=1S/C19H27NO/c1-2-3-4-5-6-11-16-21-19-14-8-7-12-17(19)18-13-9-10-15-20-18/h7-8,10,12,14-15H,2-6,9,11,13,16H2,1H3. The number of hydrogen-bond donors (Lipinski definition) is 0. The van der Waals surface area contributed by atoms with E-state index in [9.17, 15) is 0 Å². The van der Waals surface area contributed by atoms with Gasteiger partial charge in [-0.25, -0.2) is 0 Å². The van der Waals surface area contributed by atoms with E-state index in [2.05, 4.69) is 36.2 Å². The van der Waals surface area contributed by atoms with E-state index in [1.807, 2.05) is 12.3 Å². The molecule has 0 unspecified atom stereocenters.